The van der Waals surface area contributed by atoms with Crippen molar-refractivity contribution >= 4 is 0 Å². The molecule has 0 rings (SSSR count). The molecule has 0 fully saturated rings. The van der Waals surface area contributed by atoms with Crippen molar-refractivity contribution in [3.63, 3.8) is 0 Å². The maximum Gasteiger partial charge on any atom is -0.0348 e. The van der Waals surface area contributed by atoms with Gasteiger partial charge in [0.25, 0.3) is 0 Å². The molecule has 0 spiro atoms. The van der Waals surface area contributed by atoms with Crippen molar-refractivity contribution in [1.29, 1.82) is 0 Å². The predicted octanol–water partition coefficient (Wildman–Crippen LogP) is 5.98. The minimum Gasteiger partial charge on any atom is -0.0885 e. The summed E-state index contributed by atoms with van der Waals surface area (Å²) in [6, 6.07) is 0. The van der Waals surface area contributed by atoms with E-state index >= 15 is 0 Å². The second-order valence-corrected chi connectivity index (χ2v) is 5.39. The third-order valence-electron chi connectivity index (χ3n) is 3.54. The fourth-order valence-electron chi connectivity index (χ4n) is 2.04. The van der Waals surface area contributed by atoms with Crippen molar-refractivity contribution in [3.8, 4) is 0 Å². The van der Waals surface area contributed by atoms with E-state index < -0.39 is 0 Å². The molecule has 0 amide bonds. The monoisotopic (exact) mass is 224 g/mol. The summed E-state index contributed by atoms with van der Waals surface area (Å²) in [5, 5.41) is 0. The molecular weight excluding hydrogens is 192 g/mol. The molecule has 0 aromatic heterocycles. The zero-order chi connectivity index (χ0) is 12.2. The van der Waals surface area contributed by atoms with Crippen molar-refractivity contribution in [2.24, 2.45) is 11.8 Å². The molecule has 0 aliphatic heterocycles. The van der Waals surface area contributed by atoms with Gasteiger partial charge in [0.1, 0.15) is 0 Å². The van der Waals surface area contributed by atoms with Crippen LogP contribution in [0.2, 0.25) is 0 Å². The van der Waals surface area contributed by atoms with Gasteiger partial charge in [-0.15, -0.1) is 0 Å². The van der Waals surface area contributed by atoms with Gasteiger partial charge < -0.3 is 0 Å². The van der Waals surface area contributed by atoms with E-state index in [0.29, 0.717) is 0 Å². The molecule has 0 saturated carbocycles. The average molecular weight is 224 g/mol. The highest BCUT2D eigenvalue weighted by Gasteiger charge is 1.98. The summed E-state index contributed by atoms with van der Waals surface area (Å²) in [6.45, 7) is 9.30. The third-order valence-corrected chi connectivity index (χ3v) is 3.54. The first-order chi connectivity index (χ1) is 7.70. The highest BCUT2D eigenvalue weighted by molar-refractivity contribution is 4.82. The average Bonchev–Trinajstić information content (AvgIpc) is 2.27. The van der Waals surface area contributed by atoms with Crippen molar-refractivity contribution in [2.75, 3.05) is 0 Å². The fourth-order valence-corrected chi connectivity index (χ4v) is 2.04. The fraction of sp³-hybridized carbons (Fsp3) is 0.875. The van der Waals surface area contributed by atoms with Crippen LogP contribution in [0, 0.1) is 11.8 Å². The second-order valence-electron chi connectivity index (χ2n) is 5.39. The van der Waals surface area contributed by atoms with Gasteiger partial charge in [-0.25, -0.2) is 0 Å². The second kappa shape index (κ2) is 11.2. The number of rotatable bonds is 10. The molecule has 0 N–H and O–H groups in total. The Kier molecular flexibility index (Phi) is 11.0. The quantitative estimate of drug-likeness (QED) is 0.316. The number of hydrogen-bond acceptors (Lipinski definition) is 0. The van der Waals surface area contributed by atoms with Gasteiger partial charge in [-0.1, -0.05) is 65.5 Å². The molecule has 0 nitrogen and oxygen atoms in total. The molecule has 0 radical (unpaired) electrons. The lowest BCUT2D eigenvalue weighted by Crippen LogP contribution is -1.92. The molecule has 0 bridgehead atoms. The van der Waals surface area contributed by atoms with Crippen molar-refractivity contribution < 1.29 is 0 Å². The largest absolute Gasteiger partial charge is 0.0885 e. The van der Waals surface area contributed by atoms with E-state index in [-0.39, 0.29) is 0 Å². The van der Waals surface area contributed by atoms with Gasteiger partial charge in [0.2, 0.25) is 0 Å². The highest BCUT2D eigenvalue weighted by Crippen LogP contribution is 2.14. The van der Waals surface area contributed by atoms with Gasteiger partial charge in [0.05, 0.1) is 0 Å². The van der Waals surface area contributed by atoms with Crippen LogP contribution < -0.4 is 0 Å². The van der Waals surface area contributed by atoms with Crippen molar-refractivity contribution in [3.05, 3.63) is 12.2 Å². The van der Waals surface area contributed by atoms with Crippen LogP contribution in [0.25, 0.3) is 0 Å². The molecule has 0 aliphatic rings. The Morgan fingerprint density at radius 3 is 2.12 bits per heavy atom. The molecule has 0 aromatic carbocycles. The Morgan fingerprint density at radius 1 is 0.812 bits per heavy atom. The predicted molar refractivity (Wildman–Crippen MR) is 75.8 cm³/mol. The van der Waals surface area contributed by atoms with E-state index in [0.717, 1.165) is 11.8 Å². The van der Waals surface area contributed by atoms with E-state index in [9.17, 15) is 0 Å². The first kappa shape index (κ1) is 15.7. The zero-order valence-electron chi connectivity index (χ0n) is 12.0. The number of allylic oxidation sites excluding steroid dienone is 2. The van der Waals surface area contributed by atoms with Gasteiger partial charge in [-0.2, -0.15) is 0 Å². The number of hydrogen-bond donors (Lipinski definition) is 0. The Bertz CT molecular complexity index is 157. The topological polar surface area (TPSA) is 0 Å². The van der Waals surface area contributed by atoms with Crippen LogP contribution in [-0.4, -0.2) is 0 Å². The molecule has 0 saturated heterocycles. The lowest BCUT2D eigenvalue weighted by Gasteiger charge is -2.07. The van der Waals surface area contributed by atoms with Gasteiger partial charge in [0.15, 0.2) is 0 Å². The van der Waals surface area contributed by atoms with Crippen LogP contribution in [0.15, 0.2) is 12.2 Å². The molecular formula is C16H32. The first-order valence-corrected chi connectivity index (χ1v) is 7.35. The Morgan fingerprint density at radius 2 is 1.50 bits per heavy atom. The zero-order valence-corrected chi connectivity index (χ0v) is 12.0. The first-order valence-electron chi connectivity index (χ1n) is 7.35. The summed E-state index contributed by atoms with van der Waals surface area (Å²) >= 11 is 0. The summed E-state index contributed by atoms with van der Waals surface area (Å²) in [5.41, 5.74) is 0. The molecule has 2 atom stereocenters. The highest BCUT2D eigenvalue weighted by atomic mass is 14.0. The van der Waals surface area contributed by atoms with Crippen LogP contribution in [-0.2, 0) is 0 Å². The van der Waals surface area contributed by atoms with Gasteiger partial charge in [-0.3, -0.25) is 0 Å². The van der Waals surface area contributed by atoms with Crippen molar-refractivity contribution in [1.82, 2.24) is 0 Å². The van der Waals surface area contributed by atoms with Crippen LogP contribution in [0.3, 0.4) is 0 Å². The Balaban J connectivity index is 3.27. The van der Waals surface area contributed by atoms with Crippen LogP contribution in [0.5, 0.6) is 0 Å². The minimum atomic E-state index is 0.897. The minimum absolute atomic E-state index is 0.897. The third kappa shape index (κ3) is 10.3. The molecule has 2 unspecified atom stereocenters. The van der Waals surface area contributed by atoms with Gasteiger partial charge in [-0.05, 0) is 37.5 Å². The Hall–Kier alpha value is -0.260. The van der Waals surface area contributed by atoms with E-state index in [1.807, 2.05) is 0 Å². The molecule has 0 aromatic rings. The molecule has 0 heteroatoms. The van der Waals surface area contributed by atoms with Crippen LogP contribution >= 0.6 is 0 Å². The summed E-state index contributed by atoms with van der Waals surface area (Å²) in [6.07, 6.45) is 15.5. The van der Waals surface area contributed by atoms with E-state index in [4.69, 9.17) is 0 Å². The molecule has 0 aliphatic carbocycles. The Labute approximate surface area is 104 Å². The SMILES string of the molecule is CCCC(C)CCCC=CCCC(C)CC. The maximum absolute atomic E-state index is 2.39. The maximum atomic E-state index is 2.39. The van der Waals surface area contributed by atoms with E-state index in [1.54, 1.807) is 0 Å². The van der Waals surface area contributed by atoms with Gasteiger partial charge in [0, 0.05) is 0 Å². The summed E-state index contributed by atoms with van der Waals surface area (Å²) in [7, 11) is 0. The summed E-state index contributed by atoms with van der Waals surface area (Å²) in [4.78, 5) is 0. The van der Waals surface area contributed by atoms with Crippen LogP contribution in [0.1, 0.15) is 79.1 Å². The van der Waals surface area contributed by atoms with Crippen molar-refractivity contribution in [2.45, 2.75) is 79.1 Å². The summed E-state index contributed by atoms with van der Waals surface area (Å²) < 4.78 is 0. The standard InChI is InChI=1S/C16H32/c1-5-12-16(4)14-11-9-7-8-10-13-15(3)6-2/h7-8,15-16H,5-6,9-14H2,1-4H3. The smallest absolute Gasteiger partial charge is 0.0348 e. The number of unbranched alkanes of at least 4 members (excludes halogenated alkanes) is 1. The normalized spacial score (nSPS) is 15.5. The van der Waals surface area contributed by atoms with Crippen LogP contribution in [0.4, 0.5) is 0 Å². The lowest BCUT2D eigenvalue weighted by atomic mass is 9.99. The molecule has 96 valence electrons. The lowest BCUT2D eigenvalue weighted by molar-refractivity contribution is 0.471. The van der Waals surface area contributed by atoms with E-state index in [2.05, 4.69) is 39.8 Å². The summed E-state index contributed by atoms with van der Waals surface area (Å²) in [5.74, 6) is 1.83. The molecule has 0 heterocycles. The molecule has 16 heavy (non-hydrogen) atoms. The van der Waals surface area contributed by atoms with E-state index in [1.165, 1.54) is 51.4 Å². The van der Waals surface area contributed by atoms with Gasteiger partial charge >= 0.3 is 0 Å².